The second-order valence-corrected chi connectivity index (χ2v) is 6.86. The molecule has 0 aliphatic heterocycles. The topological polar surface area (TPSA) is 130 Å². The molecule has 3 N–H and O–H groups in total. The highest BCUT2D eigenvalue weighted by Gasteiger charge is 2.26. The molecule has 1 saturated carbocycles. The van der Waals surface area contributed by atoms with Crippen LogP contribution in [0.25, 0.3) is 0 Å². The predicted molar refractivity (Wildman–Crippen MR) is 73.3 cm³/mol. The monoisotopic (exact) mass is 316 g/mol. The van der Waals surface area contributed by atoms with Crippen LogP contribution in [-0.4, -0.2) is 36.2 Å². The van der Waals surface area contributed by atoms with Crippen LogP contribution in [0.4, 0.5) is 5.69 Å². The number of aliphatic hydroxyl groups is 1. The molecule has 0 heterocycles. The summed E-state index contributed by atoms with van der Waals surface area (Å²) < 4.78 is 26.5. The zero-order valence-corrected chi connectivity index (χ0v) is 11.9. The molecular formula is C12H16N2O6S. The summed E-state index contributed by atoms with van der Waals surface area (Å²) in [6, 6.07) is 2.90. The Morgan fingerprint density at radius 3 is 2.67 bits per heavy atom. The number of hydrogen-bond donors (Lipinski definition) is 3. The minimum absolute atomic E-state index is 0.0573. The van der Waals surface area contributed by atoms with Crippen LogP contribution in [0.1, 0.15) is 19.3 Å². The number of sulfonamides is 1. The van der Waals surface area contributed by atoms with Gasteiger partial charge in [0.2, 0.25) is 10.0 Å². The molecule has 21 heavy (non-hydrogen) atoms. The lowest BCUT2D eigenvalue weighted by Gasteiger charge is -2.11. The van der Waals surface area contributed by atoms with Crippen molar-refractivity contribution in [3.63, 3.8) is 0 Å². The first-order valence-corrected chi connectivity index (χ1v) is 7.93. The number of benzene rings is 1. The van der Waals surface area contributed by atoms with Crippen molar-refractivity contribution in [1.29, 1.82) is 0 Å². The standard InChI is InChI=1S/C12H16N2O6S/c15-9-2-1-8(5-9)7-13-21(19,20)10-3-4-12(16)11(6-10)14(17)18/h3-4,6,8-9,13,15-16H,1-2,5,7H2. The Labute approximate surface area is 121 Å². The second kappa shape index (κ2) is 5.96. The summed E-state index contributed by atoms with van der Waals surface area (Å²) in [4.78, 5) is 9.59. The average Bonchev–Trinajstić information content (AvgIpc) is 2.82. The van der Waals surface area contributed by atoms with Gasteiger partial charge in [-0.15, -0.1) is 0 Å². The molecule has 8 nitrogen and oxygen atoms in total. The van der Waals surface area contributed by atoms with E-state index in [1.807, 2.05) is 0 Å². The van der Waals surface area contributed by atoms with Gasteiger partial charge in [0.25, 0.3) is 0 Å². The van der Waals surface area contributed by atoms with E-state index < -0.39 is 32.5 Å². The van der Waals surface area contributed by atoms with Crippen LogP contribution in [0.15, 0.2) is 23.1 Å². The van der Waals surface area contributed by atoms with E-state index in [0.717, 1.165) is 24.6 Å². The molecule has 1 aliphatic carbocycles. The first-order chi connectivity index (χ1) is 9.79. The maximum absolute atomic E-state index is 12.1. The lowest BCUT2D eigenvalue weighted by Crippen LogP contribution is -2.28. The SMILES string of the molecule is O=[N+]([O-])c1cc(S(=O)(=O)NCC2CCC(O)C2)ccc1O. The summed E-state index contributed by atoms with van der Waals surface area (Å²) in [5.41, 5.74) is -0.658. The summed E-state index contributed by atoms with van der Waals surface area (Å²) in [7, 11) is -3.89. The molecule has 1 aliphatic rings. The number of hydrogen-bond acceptors (Lipinski definition) is 6. The van der Waals surface area contributed by atoms with Crippen molar-refractivity contribution in [3.05, 3.63) is 28.3 Å². The highest BCUT2D eigenvalue weighted by molar-refractivity contribution is 7.89. The van der Waals surface area contributed by atoms with Crippen molar-refractivity contribution < 1.29 is 23.6 Å². The van der Waals surface area contributed by atoms with Crippen LogP contribution in [0.2, 0.25) is 0 Å². The summed E-state index contributed by atoms with van der Waals surface area (Å²) in [6.07, 6.45) is 1.53. The Hall–Kier alpha value is -1.71. The summed E-state index contributed by atoms with van der Waals surface area (Å²) in [5.74, 6) is -0.528. The largest absolute Gasteiger partial charge is 0.502 e. The van der Waals surface area contributed by atoms with E-state index in [-0.39, 0.29) is 17.4 Å². The highest BCUT2D eigenvalue weighted by atomic mass is 32.2. The summed E-state index contributed by atoms with van der Waals surface area (Å²) >= 11 is 0. The van der Waals surface area contributed by atoms with Gasteiger partial charge in [-0.3, -0.25) is 10.1 Å². The van der Waals surface area contributed by atoms with Gasteiger partial charge in [-0.05, 0) is 37.3 Å². The zero-order chi connectivity index (χ0) is 15.6. The second-order valence-electron chi connectivity index (χ2n) is 5.09. The van der Waals surface area contributed by atoms with Crippen LogP contribution in [-0.2, 0) is 10.0 Å². The van der Waals surface area contributed by atoms with E-state index >= 15 is 0 Å². The molecule has 0 bridgehead atoms. The number of phenolic OH excluding ortho intramolecular Hbond substituents is 1. The van der Waals surface area contributed by atoms with E-state index in [9.17, 15) is 28.7 Å². The third-order valence-electron chi connectivity index (χ3n) is 3.53. The number of nitro benzene ring substituents is 1. The minimum Gasteiger partial charge on any atom is -0.502 e. The Kier molecular flexibility index (Phi) is 4.45. The van der Waals surface area contributed by atoms with Gasteiger partial charge < -0.3 is 10.2 Å². The van der Waals surface area contributed by atoms with Gasteiger partial charge >= 0.3 is 5.69 Å². The Morgan fingerprint density at radius 2 is 2.10 bits per heavy atom. The highest BCUT2D eigenvalue weighted by Crippen LogP contribution is 2.29. The van der Waals surface area contributed by atoms with Crippen molar-refractivity contribution >= 4 is 15.7 Å². The van der Waals surface area contributed by atoms with Crippen molar-refractivity contribution in [2.75, 3.05) is 6.54 Å². The third-order valence-corrected chi connectivity index (χ3v) is 4.95. The van der Waals surface area contributed by atoms with E-state index in [1.165, 1.54) is 0 Å². The van der Waals surface area contributed by atoms with Crippen LogP contribution in [0, 0.1) is 16.0 Å². The first-order valence-electron chi connectivity index (χ1n) is 6.44. The Morgan fingerprint density at radius 1 is 1.38 bits per heavy atom. The quantitative estimate of drug-likeness (QED) is 0.542. The molecule has 0 amide bonds. The van der Waals surface area contributed by atoms with Gasteiger partial charge in [-0.25, -0.2) is 13.1 Å². The van der Waals surface area contributed by atoms with Gasteiger partial charge in [0.15, 0.2) is 5.75 Å². The first kappa shape index (κ1) is 15.7. The molecule has 2 rings (SSSR count). The van der Waals surface area contributed by atoms with E-state index in [0.29, 0.717) is 12.8 Å². The predicted octanol–water partition coefficient (Wildman–Crippen LogP) is 0.740. The smallest absolute Gasteiger partial charge is 0.312 e. The molecule has 1 fully saturated rings. The third kappa shape index (κ3) is 3.69. The maximum Gasteiger partial charge on any atom is 0.312 e. The molecule has 2 atom stereocenters. The van der Waals surface area contributed by atoms with E-state index in [2.05, 4.69) is 4.72 Å². The number of aliphatic hydroxyl groups excluding tert-OH is 1. The van der Waals surface area contributed by atoms with E-state index in [4.69, 9.17) is 0 Å². The fourth-order valence-electron chi connectivity index (χ4n) is 2.36. The van der Waals surface area contributed by atoms with Gasteiger partial charge in [0.1, 0.15) is 0 Å². The molecular weight excluding hydrogens is 300 g/mol. The average molecular weight is 316 g/mol. The fourth-order valence-corrected chi connectivity index (χ4v) is 3.50. The molecule has 2 unspecified atom stereocenters. The molecule has 1 aromatic rings. The molecule has 1 aromatic carbocycles. The van der Waals surface area contributed by atoms with Crippen molar-refractivity contribution in [3.8, 4) is 5.75 Å². The number of nitrogens with zero attached hydrogens (tertiary/aromatic N) is 1. The minimum atomic E-state index is -3.89. The van der Waals surface area contributed by atoms with Gasteiger partial charge in [-0.1, -0.05) is 0 Å². The molecule has 116 valence electrons. The van der Waals surface area contributed by atoms with Crippen molar-refractivity contribution in [1.82, 2.24) is 4.72 Å². The van der Waals surface area contributed by atoms with Gasteiger partial charge in [0, 0.05) is 12.6 Å². The molecule has 0 aromatic heterocycles. The maximum atomic E-state index is 12.1. The molecule has 9 heteroatoms. The molecule has 0 saturated heterocycles. The lowest BCUT2D eigenvalue weighted by molar-refractivity contribution is -0.386. The number of aromatic hydroxyl groups is 1. The number of rotatable bonds is 5. The fraction of sp³-hybridized carbons (Fsp3) is 0.500. The lowest BCUT2D eigenvalue weighted by atomic mass is 10.1. The summed E-state index contributed by atoms with van der Waals surface area (Å²) in [6.45, 7) is 0.175. The number of nitrogens with one attached hydrogen (secondary N) is 1. The molecule has 0 radical (unpaired) electrons. The van der Waals surface area contributed by atoms with E-state index in [1.54, 1.807) is 0 Å². The number of phenols is 1. The Balaban J connectivity index is 2.12. The Bertz CT molecular complexity index is 645. The zero-order valence-electron chi connectivity index (χ0n) is 11.1. The normalized spacial score (nSPS) is 22.3. The van der Waals surface area contributed by atoms with Crippen molar-refractivity contribution in [2.45, 2.75) is 30.3 Å². The van der Waals surface area contributed by atoms with Crippen LogP contribution >= 0.6 is 0 Å². The summed E-state index contributed by atoms with van der Waals surface area (Å²) in [5, 5.41) is 29.4. The van der Waals surface area contributed by atoms with Crippen LogP contribution < -0.4 is 4.72 Å². The van der Waals surface area contributed by atoms with Gasteiger partial charge in [0.05, 0.1) is 15.9 Å². The van der Waals surface area contributed by atoms with Crippen LogP contribution in [0.3, 0.4) is 0 Å². The van der Waals surface area contributed by atoms with Crippen molar-refractivity contribution in [2.24, 2.45) is 5.92 Å². The van der Waals surface area contributed by atoms with Gasteiger partial charge in [-0.2, -0.15) is 0 Å². The molecule has 0 spiro atoms. The van der Waals surface area contributed by atoms with Crippen LogP contribution in [0.5, 0.6) is 5.75 Å². The number of nitro groups is 1.